The second-order valence-electron chi connectivity index (χ2n) is 8.32. The van der Waals surface area contributed by atoms with E-state index in [1.54, 1.807) is 17.4 Å². The second kappa shape index (κ2) is 6.31. The van der Waals surface area contributed by atoms with Gasteiger partial charge >= 0.3 is 0 Å². The van der Waals surface area contributed by atoms with Crippen LogP contribution in [-0.4, -0.2) is 48.8 Å². The quantitative estimate of drug-likeness (QED) is 0.752. The summed E-state index contributed by atoms with van der Waals surface area (Å²) in [7, 11) is 1.87. The Labute approximate surface area is 158 Å². The topological polar surface area (TPSA) is 97.4 Å². The molecule has 1 amide bonds. The zero-order valence-electron chi connectivity index (χ0n) is 16.2. The molecule has 0 saturated heterocycles. The summed E-state index contributed by atoms with van der Waals surface area (Å²) in [5.74, 6) is -0.192. The van der Waals surface area contributed by atoms with Gasteiger partial charge in [0.1, 0.15) is 11.6 Å². The number of hydrazine groups is 1. The van der Waals surface area contributed by atoms with Crippen molar-refractivity contribution in [1.82, 2.24) is 30.4 Å². The van der Waals surface area contributed by atoms with Crippen LogP contribution >= 0.6 is 0 Å². The third kappa shape index (κ3) is 3.08. The van der Waals surface area contributed by atoms with Gasteiger partial charge in [-0.2, -0.15) is 0 Å². The van der Waals surface area contributed by atoms with Crippen LogP contribution in [0, 0.1) is 0 Å². The van der Waals surface area contributed by atoms with E-state index in [-0.39, 0.29) is 17.5 Å². The van der Waals surface area contributed by atoms with E-state index in [0.29, 0.717) is 22.4 Å². The summed E-state index contributed by atoms with van der Waals surface area (Å²) in [5, 5.41) is 16.6. The molecule has 2 aliphatic rings. The number of rotatable bonds is 2. The Bertz CT molecular complexity index is 926. The molecule has 3 heterocycles. The molecule has 2 aromatic heterocycles. The van der Waals surface area contributed by atoms with Gasteiger partial charge < -0.3 is 10.3 Å². The maximum atomic E-state index is 12.6. The van der Waals surface area contributed by atoms with Gasteiger partial charge in [0.05, 0.1) is 17.5 Å². The number of amides is 1. The monoisotopic (exact) mass is 370 g/mol. The molecule has 4 rings (SSSR count). The highest BCUT2D eigenvalue weighted by atomic mass is 16.6. The minimum Gasteiger partial charge on any atom is -0.347 e. The van der Waals surface area contributed by atoms with E-state index in [9.17, 15) is 10.0 Å². The van der Waals surface area contributed by atoms with Gasteiger partial charge in [0.2, 0.25) is 0 Å². The highest BCUT2D eigenvalue weighted by Gasteiger charge is 2.39. The van der Waals surface area contributed by atoms with Gasteiger partial charge in [-0.1, -0.05) is 5.17 Å². The number of aromatic amines is 1. The number of H-pyrrole nitrogens is 1. The number of carbonyl (C=O) groups excluding carboxylic acids is 1. The van der Waals surface area contributed by atoms with Crippen molar-refractivity contribution < 1.29 is 10.0 Å². The first kappa shape index (κ1) is 17.9. The summed E-state index contributed by atoms with van der Waals surface area (Å²) in [5.41, 5.74) is 4.20. The number of allylic oxidation sites excluding steroid dienone is 1. The normalized spacial score (nSPS) is 21.1. The average Bonchev–Trinajstić information content (AvgIpc) is 3.13. The third-order valence-corrected chi connectivity index (χ3v) is 5.15. The van der Waals surface area contributed by atoms with Crippen molar-refractivity contribution in [3.8, 4) is 0 Å². The van der Waals surface area contributed by atoms with Gasteiger partial charge in [-0.3, -0.25) is 15.0 Å². The minimum atomic E-state index is -0.351. The van der Waals surface area contributed by atoms with E-state index in [1.807, 2.05) is 27.8 Å². The van der Waals surface area contributed by atoms with Crippen LogP contribution in [0.15, 0.2) is 23.7 Å². The van der Waals surface area contributed by atoms with Crippen LogP contribution in [0.4, 0.5) is 0 Å². The second-order valence-corrected chi connectivity index (χ2v) is 8.32. The van der Waals surface area contributed by atoms with E-state index in [2.05, 4.69) is 15.3 Å². The Hall–Kier alpha value is -2.45. The largest absolute Gasteiger partial charge is 0.347 e. The first-order chi connectivity index (χ1) is 12.8. The summed E-state index contributed by atoms with van der Waals surface area (Å²) in [6.45, 7) is 5.81. The number of hydroxylamine groups is 1. The van der Waals surface area contributed by atoms with Crippen LogP contribution in [0.5, 0.6) is 0 Å². The van der Waals surface area contributed by atoms with Crippen molar-refractivity contribution in [3.63, 3.8) is 0 Å². The lowest BCUT2D eigenvalue weighted by Gasteiger charge is -2.26. The molecular weight excluding hydrogens is 344 g/mol. The predicted octanol–water partition coefficient (Wildman–Crippen LogP) is 2.91. The molecule has 0 spiro atoms. The van der Waals surface area contributed by atoms with Crippen LogP contribution in [0.2, 0.25) is 0 Å². The zero-order chi connectivity index (χ0) is 19.3. The number of carbonyl (C=O) groups is 1. The van der Waals surface area contributed by atoms with Crippen molar-refractivity contribution in [3.05, 3.63) is 34.9 Å². The molecule has 1 atom stereocenters. The lowest BCUT2D eigenvalue weighted by atomic mass is 9.91. The Morgan fingerprint density at radius 1 is 1.33 bits per heavy atom. The first-order valence-corrected chi connectivity index (χ1v) is 9.36. The number of hydrogen-bond donors (Lipinski definition) is 3. The van der Waals surface area contributed by atoms with Gasteiger partial charge in [-0.05, 0) is 52.0 Å². The van der Waals surface area contributed by atoms with Crippen LogP contribution in [-0.2, 0) is 0 Å². The fraction of sp³-hybridized carbons (Fsp3) is 0.526. The Balaban J connectivity index is 1.74. The Kier molecular flexibility index (Phi) is 4.20. The lowest BCUT2D eigenvalue weighted by Crippen LogP contribution is -2.40. The summed E-state index contributed by atoms with van der Waals surface area (Å²) >= 11 is 0. The molecular formula is C19H26N6O2. The van der Waals surface area contributed by atoms with Gasteiger partial charge in [0.25, 0.3) is 5.91 Å². The fourth-order valence-corrected chi connectivity index (χ4v) is 3.93. The standard InChI is InChI=1S/C19H26N6O2/c1-19(2,3)23-18(26)12-9-20-17-15(12)22-13(10-21-17)16-11-7-5-6-8-14(11)24(4)25(16)27/h9-10,16,27H,5-8H2,1-4H3,(H,20,21)(H,23,26). The Morgan fingerprint density at radius 2 is 2.07 bits per heavy atom. The summed E-state index contributed by atoms with van der Waals surface area (Å²) in [6, 6.07) is -0.351. The van der Waals surface area contributed by atoms with E-state index in [1.165, 1.54) is 10.7 Å². The molecule has 8 nitrogen and oxygen atoms in total. The van der Waals surface area contributed by atoms with Crippen molar-refractivity contribution in [1.29, 1.82) is 0 Å². The fourth-order valence-electron chi connectivity index (χ4n) is 3.93. The summed E-state index contributed by atoms with van der Waals surface area (Å²) in [6.07, 6.45) is 7.44. The highest BCUT2D eigenvalue weighted by Crippen LogP contribution is 2.44. The SMILES string of the molecule is CN1C2=C(CCCC2)C(c2cnc3[nH]cc(C(=O)NC(C)(C)C)c3n2)N1O. The van der Waals surface area contributed by atoms with Gasteiger partial charge in [-0.25, -0.2) is 9.97 Å². The summed E-state index contributed by atoms with van der Waals surface area (Å²) < 4.78 is 0. The molecule has 0 saturated carbocycles. The number of aromatic nitrogens is 3. The zero-order valence-corrected chi connectivity index (χ0v) is 16.2. The number of nitrogens with zero attached hydrogens (tertiary/aromatic N) is 4. The smallest absolute Gasteiger partial charge is 0.255 e. The van der Waals surface area contributed by atoms with Crippen LogP contribution < -0.4 is 5.32 Å². The van der Waals surface area contributed by atoms with Crippen LogP contribution in [0.25, 0.3) is 11.2 Å². The molecule has 3 N–H and O–H groups in total. The molecule has 0 fully saturated rings. The molecule has 1 aliphatic heterocycles. The summed E-state index contributed by atoms with van der Waals surface area (Å²) in [4.78, 5) is 24.8. The Morgan fingerprint density at radius 3 is 2.81 bits per heavy atom. The molecule has 0 aromatic carbocycles. The van der Waals surface area contributed by atoms with Gasteiger partial charge in [-0.15, -0.1) is 0 Å². The molecule has 1 unspecified atom stereocenters. The van der Waals surface area contributed by atoms with Crippen molar-refractivity contribution in [2.45, 2.75) is 58.0 Å². The highest BCUT2D eigenvalue weighted by molar-refractivity contribution is 6.04. The van der Waals surface area contributed by atoms with Crippen molar-refractivity contribution >= 4 is 17.1 Å². The van der Waals surface area contributed by atoms with Gasteiger partial charge in [0, 0.05) is 24.5 Å². The average molecular weight is 370 g/mol. The first-order valence-electron chi connectivity index (χ1n) is 9.36. The minimum absolute atomic E-state index is 0.192. The van der Waals surface area contributed by atoms with Gasteiger partial charge in [0.15, 0.2) is 5.65 Å². The van der Waals surface area contributed by atoms with E-state index < -0.39 is 0 Å². The molecule has 27 heavy (non-hydrogen) atoms. The van der Waals surface area contributed by atoms with Crippen molar-refractivity contribution in [2.24, 2.45) is 0 Å². The molecule has 2 aromatic rings. The predicted molar refractivity (Wildman–Crippen MR) is 101 cm³/mol. The van der Waals surface area contributed by atoms with E-state index in [4.69, 9.17) is 4.98 Å². The molecule has 8 heteroatoms. The molecule has 0 radical (unpaired) electrons. The van der Waals surface area contributed by atoms with E-state index in [0.717, 1.165) is 31.4 Å². The lowest BCUT2D eigenvalue weighted by molar-refractivity contribution is -0.229. The van der Waals surface area contributed by atoms with Crippen LogP contribution in [0.1, 0.15) is 68.5 Å². The van der Waals surface area contributed by atoms with Crippen LogP contribution in [0.3, 0.4) is 0 Å². The van der Waals surface area contributed by atoms with Crippen molar-refractivity contribution in [2.75, 3.05) is 7.05 Å². The third-order valence-electron chi connectivity index (χ3n) is 5.15. The number of nitrogens with one attached hydrogen (secondary N) is 2. The van der Waals surface area contributed by atoms with E-state index >= 15 is 0 Å². The molecule has 144 valence electrons. The molecule has 1 aliphatic carbocycles. The number of fused-ring (bicyclic) bond motifs is 1. The maximum absolute atomic E-state index is 12.6. The number of hydrogen-bond acceptors (Lipinski definition) is 6. The maximum Gasteiger partial charge on any atom is 0.255 e. The molecule has 0 bridgehead atoms.